The molecule has 0 spiro atoms. The van der Waals surface area contributed by atoms with Gasteiger partial charge in [0.15, 0.2) is 0 Å². The van der Waals surface area contributed by atoms with E-state index in [2.05, 4.69) is 11.4 Å². The fourth-order valence-electron chi connectivity index (χ4n) is 7.31. The number of halogens is 1. The molecule has 6 atom stereocenters. The van der Waals surface area contributed by atoms with Crippen LogP contribution in [0.1, 0.15) is 64.9 Å². The van der Waals surface area contributed by atoms with Gasteiger partial charge in [-0.1, -0.05) is 12.1 Å². The minimum Gasteiger partial charge on any atom is -0.444 e. The number of carbonyl (C=O) groups is 3. The van der Waals surface area contributed by atoms with E-state index in [-0.39, 0.29) is 42.3 Å². The maximum atomic E-state index is 13.8. The van der Waals surface area contributed by atoms with Gasteiger partial charge in [-0.05, 0) is 82.9 Å². The summed E-state index contributed by atoms with van der Waals surface area (Å²) >= 11 is 0. The predicted octanol–water partition coefficient (Wildman–Crippen LogP) is 2.90. The summed E-state index contributed by atoms with van der Waals surface area (Å²) < 4.78 is 19.1. The molecule has 0 aromatic heterocycles. The lowest BCUT2D eigenvalue weighted by molar-refractivity contribution is -0.150. The molecule has 208 valence electrons. The third-order valence-corrected chi connectivity index (χ3v) is 9.21. The van der Waals surface area contributed by atoms with E-state index < -0.39 is 29.3 Å². The van der Waals surface area contributed by atoms with Gasteiger partial charge < -0.3 is 19.9 Å². The van der Waals surface area contributed by atoms with Crippen LogP contribution in [0, 0.1) is 23.1 Å². The van der Waals surface area contributed by atoms with Crippen molar-refractivity contribution < 1.29 is 23.5 Å². The van der Waals surface area contributed by atoms with Gasteiger partial charge in [-0.15, -0.1) is 0 Å². The Bertz CT molecular complexity index is 1220. The summed E-state index contributed by atoms with van der Waals surface area (Å²) in [5, 5.41) is 12.4. The minimum atomic E-state index is -0.926. The molecule has 5 fully saturated rings. The number of ether oxygens (including phenoxy) is 1. The van der Waals surface area contributed by atoms with Crippen LogP contribution in [0.25, 0.3) is 0 Å². The number of rotatable bonds is 6. The average molecular weight is 538 g/mol. The molecule has 1 aromatic rings. The maximum Gasteiger partial charge on any atom is 0.408 e. The molecule has 9 nitrogen and oxygen atoms in total. The molecule has 5 aliphatic rings. The highest BCUT2D eigenvalue weighted by Gasteiger charge is 2.60. The summed E-state index contributed by atoms with van der Waals surface area (Å²) in [7, 11) is 0. The molecule has 2 aliphatic carbocycles. The van der Waals surface area contributed by atoms with E-state index in [0.717, 1.165) is 31.2 Å². The SMILES string of the molecule is CC(C)(C)OC(=O)N[C@@H](CN1C[C@@H]2C[C@H]1C(=O)N2C1(c2ccc(F)cc2)CCC1)C(=O)N1[C@H](C#N)CC2C[C@@H]21. The summed E-state index contributed by atoms with van der Waals surface area (Å²) in [5.74, 6) is -0.205. The first-order chi connectivity index (χ1) is 18.5. The van der Waals surface area contributed by atoms with Gasteiger partial charge in [0.25, 0.3) is 0 Å². The zero-order valence-electron chi connectivity index (χ0n) is 22.7. The highest BCUT2D eigenvalue weighted by Crippen LogP contribution is 2.52. The Hall–Kier alpha value is -3.19. The molecule has 3 amide bonds. The number of alkyl carbamates (subject to hydrolysis) is 1. The minimum absolute atomic E-state index is 0.0170. The van der Waals surface area contributed by atoms with Crippen LogP contribution in [-0.4, -0.2) is 81.5 Å². The number of benzene rings is 1. The summed E-state index contributed by atoms with van der Waals surface area (Å²) in [6.45, 7) is 6.04. The lowest BCUT2D eigenvalue weighted by Crippen LogP contribution is -2.63. The van der Waals surface area contributed by atoms with E-state index in [9.17, 15) is 24.0 Å². The Balaban J connectivity index is 1.20. The van der Waals surface area contributed by atoms with Crippen LogP contribution in [0.2, 0.25) is 0 Å². The number of hydrogen-bond donors (Lipinski definition) is 1. The Kier molecular flexibility index (Phi) is 6.14. The van der Waals surface area contributed by atoms with Gasteiger partial charge in [0.05, 0.1) is 17.6 Å². The number of likely N-dealkylation sites (tertiary alicyclic amines) is 3. The van der Waals surface area contributed by atoms with Crippen LogP contribution in [0.5, 0.6) is 0 Å². The monoisotopic (exact) mass is 537 g/mol. The zero-order valence-corrected chi connectivity index (χ0v) is 22.7. The second-order valence-electron chi connectivity index (χ2n) is 12.8. The summed E-state index contributed by atoms with van der Waals surface area (Å²) in [6.07, 6.45) is 4.23. The molecule has 1 aromatic carbocycles. The van der Waals surface area contributed by atoms with Gasteiger partial charge in [-0.2, -0.15) is 5.26 Å². The Labute approximate surface area is 228 Å². The maximum absolute atomic E-state index is 13.8. The normalized spacial score (nSPS) is 31.4. The molecular weight excluding hydrogens is 501 g/mol. The Morgan fingerprint density at radius 1 is 1.21 bits per heavy atom. The van der Waals surface area contributed by atoms with E-state index in [1.165, 1.54) is 12.1 Å². The molecule has 10 heteroatoms. The van der Waals surface area contributed by atoms with Gasteiger partial charge in [0, 0.05) is 25.2 Å². The van der Waals surface area contributed by atoms with Crippen molar-refractivity contribution >= 4 is 17.9 Å². The first kappa shape index (κ1) is 26.1. The van der Waals surface area contributed by atoms with E-state index >= 15 is 0 Å². The van der Waals surface area contributed by atoms with Crippen molar-refractivity contribution in [3.8, 4) is 6.07 Å². The van der Waals surface area contributed by atoms with Gasteiger partial charge in [-0.25, -0.2) is 9.18 Å². The van der Waals surface area contributed by atoms with Crippen molar-refractivity contribution in [1.29, 1.82) is 5.26 Å². The quantitative estimate of drug-likeness (QED) is 0.598. The molecule has 2 bridgehead atoms. The smallest absolute Gasteiger partial charge is 0.408 e. The molecule has 1 N–H and O–H groups in total. The number of hydrogen-bond acceptors (Lipinski definition) is 6. The molecule has 3 aliphatic heterocycles. The molecule has 1 unspecified atom stereocenters. The van der Waals surface area contributed by atoms with Crippen LogP contribution in [0.3, 0.4) is 0 Å². The number of piperazine rings is 1. The van der Waals surface area contributed by atoms with Gasteiger partial charge in [0.1, 0.15) is 23.5 Å². The van der Waals surface area contributed by atoms with E-state index in [4.69, 9.17) is 4.74 Å². The van der Waals surface area contributed by atoms with Crippen molar-refractivity contribution in [2.75, 3.05) is 13.1 Å². The van der Waals surface area contributed by atoms with Crippen molar-refractivity contribution in [2.24, 2.45) is 5.92 Å². The number of amides is 3. The predicted molar refractivity (Wildman–Crippen MR) is 138 cm³/mol. The first-order valence-electron chi connectivity index (χ1n) is 14.1. The van der Waals surface area contributed by atoms with Gasteiger partial charge >= 0.3 is 6.09 Å². The lowest BCUT2D eigenvalue weighted by atomic mass is 9.70. The molecule has 39 heavy (non-hydrogen) atoms. The summed E-state index contributed by atoms with van der Waals surface area (Å²) in [4.78, 5) is 46.0. The first-order valence-corrected chi connectivity index (χ1v) is 14.1. The van der Waals surface area contributed by atoms with Crippen molar-refractivity contribution in [3.63, 3.8) is 0 Å². The largest absolute Gasteiger partial charge is 0.444 e. The van der Waals surface area contributed by atoms with E-state index in [1.54, 1.807) is 37.8 Å². The molecular formula is C29H36FN5O4. The Morgan fingerprint density at radius 2 is 1.92 bits per heavy atom. The third-order valence-electron chi connectivity index (χ3n) is 9.21. The van der Waals surface area contributed by atoms with E-state index in [1.807, 2.05) is 9.80 Å². The zero-order chi connectivity index (χ0) is 27.7. The number of carbonyl (C=O) groups excluding carboxylic acids is 3. The fraction of sp³-hybridized carbons (Fsp3) is 0.655. The number of piperidine rings is 1. The van der Waals surface area contributed by atoms with Gasteiger partial charge in [-0.3, -0.25) is 14.5 Å². The molecule has 2 saturated carbocycles. The lowest BCUT2D eigenvalue weighted by Gasteiger charge is -2.53. The molecule has 0 radical (unpaired) electrons. The highest BCUT2D eigenvalue weighted by molar-refractivity contribution is 5.89. The molecule has 3 heterocycles. The standard InChI is InChI=1S/C29H36FN5O4/c1-28(2,3)39-27(38)32-22(25(36)34-20(14-31)11-17-12-23(17)34)16-33-15-21-13-24(33)26(37)35(21)29(9-4-10-29)18-5-7-19(30)8-6-18/h5-8,17,20-24H,4,9-13,15-16H2,1-3H3,(H,32,38)/t17?,20-,21-,22-,23-,24-/m0/s1. The van der Waals surface area contributed by atoms with Crippen LogP contribution in [0.15, 0.2) is 24.3 Å². The molecule has 3 saturated heterocycles. The summed E-state index contributed by atoms with van der Waals surface area (Å²) in [5.41, 5.74) is -0.169. The average Bonchev–Trinajstić information content (AvgIpc) is 3.16. The Morgan fingerprint density at radius 3 is 2.51 bits per heavy atom. The van der Waals surface area contributed by atoms with Crippen LogP contribution in [0.4, 0.5) is 9.18 Å². The number of nitrogens with zero attached hydrogens (tertiary/aromatic N) is 4. The van der Waals surface area contributed by atoms with Gasteiger partial charge in [0.2, 0.25) is 11.8 Å². The van der Waals surface area contributed by atoms with Crippen LogP contribution >= 0.6 is 0 Å². The second-order valence-corrected chi connectivity index (χ2v) is 12.8. The molecule has 6 rings (SSSR count). The van der Waals surface area contributed by atoms with Crippen molar-refractivity contribution in [1.82, 2.24) is 20.0 Å². The van der Waals surface area contributed by atoms with Crippen molar-refractivity contribution in [2.45, 2.75) is 101 Å². The van der Waals surface area contributed by atoms with E-state index in [0.29, 0.717) is 25.3 Å². The third kappa shape index (κ3) is 4.45. The second kappa shape index (κ2) is 9.19. The highest BCUT2D eigenvalue weighted by atomic mass is 19.1. The number of fused-ring (bicyclic) bond motifs is 3. The number of nitriles is 1. The topological polar surface area (TPSA) is 106 Å². The van der Waals surface area contributed by atoms with Crippen LogP contribution in [-0.2, 0) is 19.9 Å². The van der Waals surface area contributed by atoms with Crippen LogP contribution < -0.4 is 5.32 Å². The number of nitrogens with one attached hydrogen (secondary N) is 1. The van der Waals surface area contributed by atoms with Crippen molar-refractivity contribution in [3.05, 3.63) is 35.6 Å². The summed E-state index contributed by atoms with van der Waals surface area (Å²) in [6, 6.07) is 6.96. The fourth-order valence-corrected chi connectivity index (χ4v) is 7.31.